The lowest BCUT2D eigenvalue weighted by Gasteiger charge is -2.30. The van der Waals surface area contributed by atoms with E-state index >= 15 is 0 Å². The molecule has 2 fully saturated rings. The molecule has 74 valence electrons. The fourth-order valence-electron chi connectivity index (χ4n) is 2.77. The number of carbonyl (C=O) groups excluding carboxylic acids is 1. The van der Waals surface area contributed by atoms with Gasteiger partial charge in [-0.25, -0.2) is 0 Å². The maximum Gasteiger partial charge on any atom is 0.137 e. The maximum absolute atomic E-state index is 10.7. The Hall–Kier alpha value is -0.0800. The van der Waals surface area contributed by atoms with Crippen LogP contribution >= 0.6 is 11.6 Å². The van der Waals surface area contributed by atoms with Gasteiger partial charge in [0.25, 0.3) is 0 Å². The molecule has 1 saturated heterocycles. The van der Waals surface area contributed by atoms with Crippen LogP contribution in [0.15, 0.2) is 0 Å². The van der Waals surface area contributed by atoms with Gasteiger partial charge in [0, 0.05) is 11.4 Å². The van der Waals surface area contributed by atoms with E-state index in [9.17, 15) is 4.79 Å². The molecule has 0 aromatic heterocycles. The zero-order chi connectivity index (χ0) is 9.42. The Kier molecular flexibility index (Phi) is 2.61. The molecule has 5 atom stereocenters. The first-order chi connectivity index (χ1) is 6.22. The first kappa shape index (κ1) is 9.47. The van der Waals surface area contributed by atoms with E-state index in [1.807, 2.05) is 0 Å². The third kappa shape index (κ3) is 1.62. The summed E-state index contributed by atoms with van der Waals surface area (Å²) in [5.41, 5.74) is 0. The number of halogens is 1. The van der Waals surface area contributed by atoms with Crippen LogP contribution in [0.2, 0.25) is 0 Å². The summed E-state index contributed by atoms with van der Waals surface area (Å²) in [6.45, 7) is 2.16. The van der Waals surface area contributed by atoms with Crippen molar-refractivity contribution in [2.24, 2.45) is 11.8 Å². The molecule has 2 nitrogen and oxygen atoms in total. The van der Waals surface area contributed by atoms with Crippen molar-refractivity contribution in [1.82, 2.24) is 5.32 Å². The van der Waals surface area contributed by atoms with Gasteiger partial charge in [0.1, 0.15) is 6.29 Å². The lowest BCUT2D eigenvalue weighted by molar-refractivity contribution is -0.110. The zero-order valence-electron chi connectivity index (χ0n) is 7.87. The second-order valence-electron chi connectivity index (χ2n) is 4.37. The molecule has 0 bridgehead atoms. The van der Waals surface area contributed by atoms with E-state index < -0.39 is 0 Å². The van der Waals surface area contributed by atoms with Crippen LogP contribution in [-0.2, 0) is 4.79 Å². The Morgan fingerprint density at radius 1 is 1.46 bits per heavy atom. The summed E-state index contributed by atoms with van der Waals surface area (Å²) in [6.07, 6.45) is 4.35. The lowest BCUT2D eigenvalue weighted by atomic mass is 9.79. The molecule has 1 aliphatic heterocycles. The summed E-state index contributed by atoms with van der Waals surface area (Å²) in [6, 6.07) is 0.608. The molecule has 1 saturated carbocycles. The quantitative estimate of drug-likeness (QED) is 0.516. The van der Waals surface area contributed by atoms with E-state index in [0.717, 1.165) is 25.5 Å². The Morgan fingerprint density at radius 2 is 2.23 bits per heavy atom. The molecular weight excluding hydrogens is 186 g/mol. The van der Waals surface area contributed by atoms with Crippen molar-refractivity contribution in [2.45, 2.75) is 43.6 Å². The fourth-order valence-corrected chi connectivity index (χ4v) is 3.10. The lowest BCUT2D eigenvalue weighted by Crippen LogP contribution is -2.35. The summed E-state index contributed by atoms with van der Waals surface area (Å²) < 4.78 is 0. The Morgan fingerprint density at radius 3 is 2.92 bits per heavy atom. The highest BCUT2D eigenvalue weighted by Gasteiger charge is 2.42. The summed E-state index contributed by atoms with van der Waals surface area (Å²) >= 11 is 6.12. The van der Waals surface area contributed by atoms with Gasteiger partial charge in [0.15, 0.2) is 0 Å². The normalized spacial score (nSPS) is 50.2. The average molecular weight is 202 g/mol. The van der Waals surface area contributed by atoms with Crippen LogP contribution in [0.25, 0.3) is 0 Å². The van der Waals surface area contributed by atoms with Gasteiger partial charge in [-0.3, -0.25) is 0 Å². The highest BCUT2D eigenvalue weighted by Crippen LogP contribution is 2.38. The average Bonchev–Trinajstić information content (AvgIpc) is 2.44. The first-order valence-electron chi connectivity index (χ1n) is 5.07. The monoisotopic (exact) mass is 201 g/mol. The van der Waals surface area contributed by atoms with Gasteiger partial charge < -0.3 is 10.1 Å². The van der Waals surface area contributed by atoms with Gasteiger partial charge in [-0.05, 0) is 31.1 Å². The van der Waals surface area contributed by atoms with E-state index in [-0.39, 0.29) is 6.04 Å². The SMILES string of the molecule is CC1C(C=O)NC2CCC(Cl)CC21. The predicted octanol–water partition coefficient (Wildman–Crippen LogP) is 1.57. The molecule has 2 rings (SSSR count). The summed E-state index contributed by atoms with van der Waals surface area (Å²) in [5.74, 6) is 1.08. The number of rotatable bonds is 1. The topological polar surface area (TPSA) is 29.1 Å². The standard InChI is InChI=1S/C10H16ClNO/c1-6-8-4-7(11)2-3-9(8)12-10(6)5-13/h5-10,12H,2-4H2,1H3. The zero-order valence-corrected chi connectivity index (χ0v) is 8.63. The second kappa shape index (κ2) is 3.58. The highest BCUT2D eigenvalue weighted by molar-refractivity contribution is 6.20. The number of aldehydes is 1. The molecule has 5 unspecified atom stereocenters. The molecule has 0 aromatic carbocycles. The Balaban J connectivity index is 2.07. The van der Waals surface area contributed by atoms with Crippen LogP contribution in [0.4, 0.5) is 0 Å². The Labute approximate surface area is 84.0 Å². The first-order valence-corrected chi connectivity index (χ1v) is 5.51. The number of nitrogens with one attached hydrogen (secondary N) is 1. The van der Waals surface area contributed by atoms with Crippen molar-refractivity contribution in [3.05, 3.63) is 0 Å². The van der Waals surface area contributed by atoms with Crippen LogP contribution in [0, 0.1) is 11.8 Å². The molecule has 1 aliphatic carbocycles. The van der Waals surface area contributed by atoms with Gasteiger partial charge in [0.2, 0.25) is 0 Å². The summed E-state index contributed by atoms with van der Waals surface area (Å²) in [5, 5.41) is 3.72. The van der Waals surface area contributed by atoms with Crippen molar-refractivity contribution < 1.29 is 4.79 Å². The van der Waals surface area contributed by atoms with Gasteiger partial charge in [-0.15, -0.1) is 11.6 Å². The number of alkyl halides is 1. The Bertz CT molecular complexity index is 209. The minimum absolute atomic E-state index is 0.0666. The summed E-state index contributed by atoms with van der Waals surface area (Å²) in [4.78, 5) is 10.7. The van der Waals surface area contributed by atoms with E-state index in [1.165, 1.54) is 0 Å². The molecule has 0 spiro atoms. The number of hydrogen-bond acceptors (Lipinski definition) is 2. The number of carbonyl (C=O) groups is 1. The van der Waals surface area contributed by atoms with Crippen molar-refractivity contribution in [2.75, 3.05) is 0 Å². The molecular formula is C10H16ClNO. The van der Waals surface area contributed by atoms with Gasteiger partial charge in [0.05, 0.1) is 6.04 Å². The largest absolute Gasteiger partial charge is 0.304 e. The van der Waals surface area contributed by atoms with Crippen molar-refractivity contribution in [3.8, 4) is 0 Å². The van der Waals surface area contributed by atoms with Crippen LogP contribution in [0.3, 0.4) is 0 Å². The molecule has 0 radical (unpaired) electrons. The molecule has 1 N–H and O–H groups in total. The molecule has 1 heterocycles. The highest BCUT2D eigenvalue weighted by atomic mass is 35.5. The van der Waals surface area contributed by atoms with Crippen molar-refractivity contribution >= 4 is 17.9 Å². The molecule has 0 amide bonds. The molecule has 2 aliphatic rings. The van der Waals surface area contributed by atoms with Gasteiger partial charge >= 0.3 is 0 Å². The van der Waals surface area contributed by atoms with Crippen LogP contribution in [0.1, 0.15) is 26.2 Å². The van der Waals surface area contributed by atoms with Crippen molar-refractivity contribution in [3.63, 3.8) is 0 Å². The number of fused-ring (bicyclic) bond motifs is 1. The van der Waals surface area contributed by atoms with E-state index in [0.29, 0.717) is 23.3 Å². The predicted molar refractivity (Wildman–Crippen MR) is 52.9 cm³/mol. The fraction of sp³-hybridized carbons (Fsp3) is 0.900. The van der Waals surface area contributed by atoms with E-state index in [4.69, 9.17) is 11.6 Å². The molecule has 3 heteroatoms. The van der Waals surface area contributed by atoms with E-state index in [2.05, 4.69) is 12.2 Å². The summed E-state index contributed by atoms with van der Waals surface area (Å²) in [7, 11) is 0. The van der Waals surface area contributed by atoms with Gasteiger partial charge in [-0.1, -0.05) is 6.92 Å². The van der Waals surface area contributed by atoms with Crippen LogP contribution < -0.4 is 5.32 Å². The third-order valence-electron chi connectivity index (χ3n) is 3.63. The number of hydrogen-bond donors (Lipinski definition) is 1. The van der Waals surface area contributed by atoms with Gasteiger partial charge in [-0.2, -0.15) is 0 Å². The van der Waals surface area contributed by atoms with Crippen molar-refractivity contribution in [1.29, 1.82) is 0 Å². The maximum atomic E-state index is 10.7. The molecule has 0 aromatic rings. The van der Waals surface area contributed by atoms with E-state index in [1.54, 1.807) is 0 Å². The minimum Gasteiger partial charge on any atom is -0.304 e. The van der Waals surface area contributed by atoms with Crippen LogP contribution in [-0.4, -0.2) is 23.7 Å². The minimum atomic E-state index is 0.0666. The second-order valence-corrected chi connectivity index (χ2v) is 4.99. The smallest absolute Gasteiger partial charge is 0.137 e. The third-order valence-corrected chi connectivity index (χ3v) is 4.03. The molecule has 13 heavy (non-hydrogen) atoms. The van der Waals surface area contributed by atoms with Crippen LogP contribution in [0.5, 0.6) is 0 Å².